The highest BCUT2D eigenvalue weighted by Crippen LogP contribution is 2.38. The number of phenolic OH excluding ortho intramolecular Hbond substituents is 1. The number of hydrogen-bond donors (Lipinski definition) is 2. The molecule has 0 radical (unpaired) electrons. The lowest BCUT2D eigenvalue weighted by Gasteiger charge is -2.25. The zero-order valence-corrected chi connectivity index (χ0v) is 29.4. The minimum atomic E-state index is -0.884. The first-order valence-electron chi connectivity index (χ1n) is 14.8. The van der Waals surface area contributed by atoms with E-state index in [0.29, 0.717) is 59.0 Å². The second-order valence-corrected chi connectivity index (χ2v) is 13.2. The number of ether oxygens (including phenoxy) is 3. The molecule has 2 N–H and O–H groups in total. The summed E-state index contributed by atoms with van der Waals surface area (Å²) >= 11 is 20.2. The largest absolute Gasteiger partial charge is 0.504 e. The van der Waals surface area contributed by atoms with E-state index >= 15 is 0 Å². The molecule has 1 amide bonds. The molecule has 0 bridgehead atoms. The van der Waals surface area contributed by atoms with Crippen LogP contribution in [-0.4, -0.2) is 29.8 Å². The fourth-order valence-electron chi connectivity index (χ4n) is 5.41. The monoisotopic (exact) mass is 735 g/mol. The van der Waals surface area contributed by atoms with Crippen LogP contribution in [-0.2, 0) is 11.4 Å². The van der Waals surface area contributed by atoms with Gasteiger partial charge in [-0.1, -0.05) is 76.5 Å². The molecule has 1 aromatic heterocycles. The molecule has 0 saturated heterocycles. The summed E-state index contributed by atoms with van der Waals surface area (Å²) in [5.74, 6) is 0.343. The lowest BCUT2D eigenvalue weighted by molar-refractivity contribution is -0.113. The van der Waals surface area contributed by atoms with E-state index in [9.17, 15) is 14.7 Å². The number of halogens is 3. The van der Waals surface area contributed by atoms with Gasteiger partial charge in [0.05, 0.1) is 41.1 Å². The van der Waals surface area contributed by atoms with E-state index in [1.54, 1.807) is 67.6 Å². The number of amides is 1. The van der Waals surface area contributed by atoms with Crippen LogP contribution in [0.25, 0.3) is 6.08 Å². The van der Waals surface area contributed by atoms with Gasteiger partial charge >= 0.3 is 0 Å². The third-order valence-electron chi connectivity index (χ3n) is 7.75. The second-order valence-electron chi connectivity index (χ2n) is 10.9. The highest BCUT2D eigenvalue weighted by Gasteiger charge is 2.33. The number of aromatic nitrogens is 1. The molecule has 2 heterocycles. The van der Waals surface area contributed by atoms with E-state index in [0.717, 1.165) is 11.3 Å². The number of para-hydroxylation sites is 1. The number of fused-ring (bicyclic) bond motifs is 1. The summed E-state index contributed by atoms with van der Waals surface area (Å²) in [5.41, 5.74) is 2.73. The van der Waals surface area contributed by atoms with Crippen molar-refractivity contribution in [3.63, 3.8) is 0 Å². The van der Waals surface area contributed by atoms with Crippen molar-refractivity contribution >= 4 is 63.8 Å². The maximum absolute atomic E-state index is 14.2. The molecule has 1 aliphatic heterocycles. The molecule has 13 heteroatoms. The number of hydrogen-bond acceptors (Lipinski definition) is 8. The average Bonchev–Trinajstić information content (AvgIpc) is 3.38. The summed E-state index contributed by atoms with van der Waals surface area (Å²) in [6, 6.07) is 21.3. The molecule has 0 unspecified atom stereocenters. The number of thiazole rings is 1. The van der Waals surface area contributed by atoms with Gasteiger partial charge in [-0.15, -0.1) is 0 Å². The maximum Gasteiger partial charge on any atom is 0.271 e. The van der Waals surface area contributed by atoms with Crippen LogP contribution >= 0.6 is 46.1 Å². The standard InChI is InChI=1S/C36H28Cl3N3O6S/c1-19-31(34(44)41-24-7-5-4-6-8-24)32(21-10-12-27(43)28(16-21)46-2)42-35(45)30(49-36(42)40-19)15-20-13-26(39)33(29(14-20)47-3)48-18-22-9-11-23(37)17-25(22)38/h4-17,32,43H,18H2,1-3H3,(H,41,44)/b30-15-/t32-/m0/s1. The summed E-state index contributed by atoms with van der Waals surface area (Å²) in [6.45, 7) is 1.84. The van der Waals surface area contributed by atoms with E-state index in [1.165, 1.54) is 24.9 Å². The average molecular weight is 737 g/mol. The smallest absolute Gasteiger partial charge is 0.271 e. The summed E-state index contributed by atoms with van der Waals surface area (Å²) in [5, 5.41) is 14.5. The highest BCUT2D eigenvalue weighted by molar-refractivity contribution is 7.07. The number of aromatic hydroxyl groups is 1. The number of carbonyl (C=O) groups excluding carboxylic acids is 1. The van der Waals surface area contributed by atoms with Gasteiger partial charge in [0.2, 0.25) is 0 Å². The molecule has 4 aromatic carbocycles. The third kappa shape index (κ3) is 7.04. The number of methoxy groups -OCH3 is 2. The van der Waals surface area contributed by atoms with Crippen molar-refractivity contribution < 1.29 is 24.1 Å². The predicted molar refractivity (Wildman–Crippen MR) is 192 cm³/mol. The van der Waals surface area contributed by atoms with E-state index < -0.39 is 11.9 Å². The van der Waals surface area contributed by atoms with Gasteiger partial charge in [0.1, 0.15) is 6.61 Å². The van der Waals surface area contributed by atoms with Crippen molar-refractivity contribution in [1.82, 2.24) is 4.57 Å². The zero-order chi connectivity index (χ0) is 34.8. The number of phenols is 1. The molecular weight excluding hydrogens is 709 g/mol. The van der Waals surface area contributed by atoms with Gasteiger partial charge in [-0.05, 0) is 72.7 Å². The molecule has 5 aromatic rings. The molecule has 6 rings (SSSR count). The first-order chi connectivity index (χ1) is 23.6. The summed E-state index contributed by atoms with van der Waals surface area (Å²) in [6.07, 6.45) is 1.68. The Morgan fingerprint density at radius 2 is 1.73 bits per heavy atom. The van der Waals surface area contributed by atoms with Gasteiger partial charge in [0.25, 0.3) is 11.5 Å². The lowest BCUT2D eigenvalue weighted by atomic mass is 9.94. The molecule has 9 nitrogen and oxygen atoms in total. The highest BCUT2D eigenvalue weighted by atomic mass is 35.5. The van der Waals surface area contributed by atoms with Crippen LogP contribution in [0.15, 0.2) is 99.9 Å². The van der Waals surface area contributed by atoms with Crippen LogP contribution in [0.3, 0.4) is 0 Å². The Morgan fingerprint density at radius 1 is 0.980 bits per heavy atom. The van der Waals surface area contributed by atoms with Crippen LogP contribution < -0.4 is 34.4 Å². The number of nitrogens with zero attached hydrogens (tertiary/aromatic N) is 2. The zero-order valence-electron chi connectivity index (χ0n) is 26.3. The van der Waals surface area contributed by atoms with Gasteiger partial charge in [0, 0.05) is 21.3 Å². The topological polar surface area (TPSA) is 111 Å². The van der Waals surface area contributed by atoms with Gasteiger partial charge in [-0.3, -0.25) is 14.2 Å². The van der Waals surface area contributed by atoms with Crippen molar-refractivity contribution in [1.29, 1.82) is 0 Å². The van der Waals surface area contributed by atoms with Crippen molar-refractivity contribution in [2.75, 3.05) is 19.5 Å². The number of benzene rings is 4. The van der Waals surface area contributed by atoms with Crippen molar-refractivity contribution in [3.8, 4) is 23.0 Å². The molecular formula is C36H28Cl3N3O6S. The number of allylic oxidation sites excluding steroid dienone is 1. The van der Waals surface area contributed by atoms with Crippen LogP contribution in [0.1, 0.15) is 29.7 Å². The van der Waals surface area contributed by atoms with E-state index in [-0.39, 0.29) is 34.3 Å². The van der Waals surface area contributed by atoms with Crippen LogP contribution in [0, 0.1) is 0 Å². The van der Waals surface area contributed by atoms with Crippen LogP contribution in [0.4, 0.5) is 5.69 Å². The summed E-state index contributed by atoms with van der Waals surface area (Å²) in [4.78, 5) is 33.1. The quantitative estimate of drug-likeness (QED) is 0.167. The minimum Gasteiger partial charge on any atom is -0.504 e. The number of anilines is 1. The molecule has 1 aliphatic rings. The van der Waals surface area contributed by atoms with Gasteiger partial charge in [-0.2, -0.15) is 0 Å². The number of rotatable bonds is 9. The molecule has 0 spiro atoms. The fraction of sp³-hybridized carbons (Fsp3) is 0.139. The lowest BCUT2D eigenvalue weighted by Crippen LogP contribution is -2.40. The Bertz CT molecular complexity index is 2300. The Labute approximate surface area is 299 Å². The normalized spacial score (nSPS) is 14.2. The number of nitrogens with one attached hydrogen (secondary N) is 1. The Kier molecular flexibility index (Phi) is 10.0. The molecule has 250 valence electrons. The fourth-order valence-corrected chi connectivity index (χ4v) is 7.20. The summed E-state index contributed by atoms with van der Waals surface area (Å²) < 4.78 is 18.8. The third-order valence-corrected chi connectivity index (χ3v) is 9.60. The summed E-state index contributed by atoms with van der Waals surface area (Å²) in [7, 11) is 2.92. The van der Waals surface area contributed by atoms with Crippen molar-refractivity contribution in [3.05, 3.63) is 142 Å². The van der Waals surface area contributed by atoms with Gasteiger partial charge in [0.15, 0.2) is 27.8 Å². The molecule has 49 heavy (non-hydrogen) atoms. The first kappa shape index (κ1) is 34.1. The molecule has 0 fully saturated rings. The van der Waals surface area contributed by atoms with E-state index in [4.69, 9.17) is 49.0 Å². The minimum absolute atomic E-state index is 0.0795. The molecule has 1 atom stereocenters. The van der Waals surface area contributed by atoms with Crippen molar-refractivity contribution in [2.24, 2.45) is 4.99 Å². The van der Waals surface area contributed by atoms with Gasteiger partial charge in [-0.25, -0.2) is 4.99 Å². The predicted octanol–water partition coefficient (Wildman–Crippen LogP) is 7.14. The van der Waals surface area contributed by atoms with E-state index in [1.807, 2.05) is 18.2 Å². The molecule has 0 aliphatic carbocycles. The first-order valence-corrected chi connectivity index (χ1v) is 16.7. The van der Waals surface area contributed by atoms with Crippen LogP contribution in [0.5, 0.6) is 23.0 Å². The maximum atomic E-state index is 14.2. The Balaban J connectivity index is 1.42. The van der Waals surface area contributed by atoms with Crippen LogP contribution in [0.2, 0.25) is 15.1 Å². The van der Waals surface area contributed by atoms with Crippen molar-refractivity contribution in [2.45, 2.75) is 19.6 Å². The van der Waals surface area contributed by atoms with Gasteiger partial charge < -0.3 is 24.6 Å². The Morgan fingerprint density at radius 3 is 2.45 bits per heavy atom. The molecule has 0 saturated carbocycles. The number of carbonyl (C=O) groups is 1. The second kappa shape index (κ2) is 14.4. The Hall–Kier alpha value is -4.74. The SMILES string of the molecule is COc1cc([C@H]2C(C(=O)Nc3ccccc3)=C(C)N=c3s/c(=C\c4cc(Cl)c(OCc5ccc(Cl)cc5Cl)c(OC)c4)c(=O)n32)ccc1O. The van der Waals surface area contributed by atoms with E-state index in [2.05, 4.69) is 10.3 Å².